The van der Waals surface area contributed by atoms with Gasteiger partial charge in [-0.15, -0.1) is 0 Å². The molecular weight excluding hydrogens is 373 g/mol. The molecule has 1 heterocycles. The number of benzene rings is 1. The second-order valence-electron chi connectivity index (χ2n) is 4.14. The van der Waals surface area contributed by atoms with Gasteiger partial charge in [-0.05, 0) is 47.2 Å². The van der Waals surface area contributed by atoms with Gasteiger partial charge in [0.15, 0.2) is 5.82 Å². The molecule has 0 aliphatic heterocycles. The van der Waals surface area contributed by atoms with Crippen molar-refractivity contribution in [3.05, 3.63) is 39.5 Å². The number of aryl methyl sites for hydroxylation is 1. The predicted molar refractivity (Wildman–Crippen MR) is 80.8 cm³/mol. The van der Waals surface area contributed by atoms with E-state index >= 15 is 0 Å². The minimum atomic E-state index is -0.972. The van der Waals surface area contributed by atoms with E-state index in [0.717, 1.165) is 22.4 Å². The highest BCUT2D eigenvalue weighted by Crippen LogP contribution is 2.23. The highest BCUT2D eigenvalue weighted by molar-refractivity contribution is 14.1. The Labute approximate surface area is 129 Å². The zero-order valence-corrected chi connectivity index (χ0v) is 13.1. The van der Waals surface area contributed by atoms with Gasteiger partial charge < -0.3 is 9.84 Å². The molecule has 20 heavy (non-hydrogen) atoms. The van der Waals surface area contributed by atoms with Crippen molar-refractivity contribution < 1.29 is 14.6 Å². The van der Waals surface area contributed by atoms with E-state index in [9.17, 15) is 4.79 Å². The van der Waals surface area contributed by atoms with Crippen molar-refractivity contribution in [2.24, 2.45) is 0 Å². The summed E-state index contributed by atoms with van der Waals surface area (Å²) in [5, 5.41) is 13.1. The number of carboxylic acid groups (broad SMARTS) is 1. The van der Waals surface area contributed by atoms with Gasteiger partial charge >= 0.3 is 5.97 Å². The van der Waals surface area contributed by atoms with Crippen LogP contribution in [0.1, 0.15) is 29.5 Å². The van der Waals surface area contributed by atoms with E-state index in [-0.39, 0.29) is 12.2 Å². The normalized spacial score (nSPS) is 10.5. The zero-order valence-electron chi connectivity index (χ0n) is 10.9. The van der Waals surface area contributed by atoms with Gasteiger partial charge in [0.2, 0.25) is 0 Å². The molecule has 2 rings (SSSR count). The summed E-state index contributed by atoms with van der Waals surface area (Å²) in [4.78, 5) is 15.1. The quantitative estimate of drug-likeness (QED) is 0.772. The number of halogens is 1. The van der Waals surface area contributed by atoms with E-state index < -0.39 is 5.97 Å². The van der Waals surface area contributed by atoms with Gasteiger partial charge in [-0.1, -0.05) is 6.92 Å². The summed E-state index contributed by atoms with van der Waals surface area (Å²) in [6.07, 6.45) is 2.45. The van der Waals surface area contributed by atoms with Crippen molar-refractivity contribution in [3.8, 4) is 5.75 Å². The zero-order chi connectivity index (χ0) is 14.5. The van der Waals surface area contributed by atoms with Gasteiger partial charge in [-0.2, -0.15) is 5.10 Å². The summed E-state index contributed by atoms with van der Waals surface area (Å²) in [5.74, 6) is 0.292. The van der Waals surface area contributed by atoms with E-state index in [1.54, 1.807) is 16.8 Å². The lowest BCUT2D eigenvalue weighted by Gasteiger charge is -2.09. The van der Waals surface area contributed by atoms with Crippen LogP contribution in [0.5, 0.6) is 5.75 Å². The summed E-state index contributed by atoms with van der Waals surface area (Å²) < 4.78 is 8.31. The first-order chi connectivity index (χ1) is 9.61. The fraction of sp³-hybridized carbons (Fsp3) is 0.308. The number of rotatable bonds is 6. The van der Waals surface area contributed by atoms with Crippen molar-refractivity contribution in [1.29, 1.82) is 0 Å². The molecule has 0 bridgehead atoms. The molecule has 0 radical (unpaired) electrons. The first kappa shape index (κ1) is 14.8. The summed E-state index contributed by atoms with van der Waals surface area (Å²) in [7, 11) is 0. The Morgan fingerprint density at radius 2 is 2.30 bits per heavy atom. The van der Waals surface area contributed by atoms with E-state index in [1.807, 2.05) is 0 Å². The Kier molecular flexibility index (Phi) is 4.94. The van der Waals surface area contributed by atoms with Gasteiger partial charge in [-0.25, -0.2) is 14.5 Å². The number of nitrogens with zero attached hydrogens (tertiary/aromatic N) is 3. The summed E-state index contributed by atoms with van der Waals surface area (Å²) >= 11 is 2.11. The van der Waals surface area contributed by atoms with Gasteiger partial charge in [-0.3, -0.25) is 0 Å². The third kappa shape index (κ3) is 3.47. The number of carbonyl (C=O) groups is 1. The van der Waals surface area contributed by atoms with Gasteiger partial charge in [0.1, 0.15) is 18.7 Å². The van der Waals surface area contributed by atoms with Gasteiger partial charge in [0, 0.05) is 6.54 Å². The standard InChI is InChI=1S/C13H14IN3O3/c1-2-5-17-12(15-8-16-17)7-20-11-6-9(13(18)19)3-4-10(11)14/h3-4,6,8H,2,5,7H2,1H3,(H,18,19). The third-order valence-electron chi connectivity index (χ3n) is 2.67. The molecule has 0 atom stereocenters. The van der Waals surface area contributed by atoms with Crippen LogP contribution in [0.3, 0.4) is 0 Å². The van der Waals surface area contributed by atoms with Crippen LogP contribution in [0, 0.1) is 3.57 Å². The fourth-order valence-electron chi connectivity index (χ4n) is 1.69. The molecule has 106 valence electrons. The average molecular weight is 387 g/mol. The smallest absolute Gasteiger partial charge is 0.335 e. The van der Waals surface area contributed by atoms with Crippen molar-refractivity contribution in [1.82, 2.24) is 14.8 Å². The lowest BCUT2D eigenvalue weighted by molar-refractivity contribution is 0.0696. The van der Waals surface area contributed by atoms with Crippen molar-refractivity contribution in [2.75, 3.05) is 0 Å². The number of aromatic carboxylic acids is 1. The maximum atomic E-state index is 11.0. The second kappa shape index (κ2) is 6.69. The molecule has 0 saturated carbocycles. The first-order valence-electron chi connectivity index (χ1n) is 6.14. The molecule has 0 unspecified atom stereocenters. The lowest BCUT2D eigenvalue weighted by Crippen LogP contribution is -2.09. The Bertz CT molecular complexity index is 613. The molecule has 0 amide bonds. The number of carboxylic acids is 1. The number of hydrogen-bond donors (Lipinski definition) is 1. The summed E-state index contributed by atoms with van der Waals surface area (Å²) in [5.41, 5.74) is 0.204. The highest BCUT2D eigenvalue weighted by atomic mass is 127. The Hall–Kier alpha value is -1.64. The predicted octanol–water partition coefficient (Wildman–Crippen LogP) is 2.57. The van der Waals surface area contributed by atoms with Crippen molar-refractivity contribution >= 4 is 28.6 Å². The van der Waals surface area contributed by atoms with E-state index in [0.29, 0.717) is 5.75 Å². The van der Waals surface area contributed by atoms with E-state index in [4.69, 9.17) is 9.84 Å². The number of hydrogen-bond acceptors (Lipinski definition) is 4. The molecule has 0 spiro atoms. The lowest BCUT2D eigenvalue weighted by atomic mass is 10.2. The van der Waals surface area contributed by atoms with Gasteiger partial charge in [0.05, 0.1) is 9.13 Å². The van der Waals surface area contributed by atoms with Gasteiger partial charge in [0.25, 0.3) is 0 Å². The fourth-order valence-corrected chi connectivity index (χ4v) is 2.18. The van der Waals surface area contributed by atoms with E-state index in [2.05, 4.69) is 39.6 Å². The molecule has 1 N–H and O–H groups in total. The molecule has 1 aromatic heterocycles. The van der Waals surface area contributed by atoms with Crippen LogP contribution in [0.4, 0.5) is 0 Å². The molecule has 0 aliphatic rings. The third-order valence-corrected chi connectivity index (χ3v) is 3.56. The van der Waals surface area contributed by atoms with Crippen LogP contribution in [-0.2, 0) is 13.2 Å². The largest absolute Gasteiger partial charge is 0.484 e. The minimum Gasteiger partial charge on any atom is -0.484 e. The monoisotopic (exact) mass is 387 g/mol. The Balaban J connectivity index is 2.12. The maximum Gasteiger partial charge on any atom is 0.335 e. The Morgan fingerprint density at radius 1 is 1.50 bits per heavy atom. The maximum absolute atomic E-state index is 11.0. The summed E-state index contributed by atoms with van der Waals surface area (Å²) in [6, 6.07) is 4.79. The second-order valence-corrected chi connectivity index (χ2v) is 5.30. The van der Waals surface area contributed by atoms with Crippen LogP contribution in [-0.4, -0.2) is 25.8 Å². The topological polar surface area (TPSA) is 77.2 Å². The SMILES string of the molecule is CCCn1ncnc1COc1cc(C(=O)O)ccc1I. The van der Waals surface area contributed by atoms with Crippen molar-refractivity contribution in [3.63, 3.8) is 0 Å². The molecule has 1 aromatic carbocycles. The minimum absolute atomic E-state index is 0.204. The van der Waals surface area contributed by atoms with Crippen LogP contribution in [0.25, 0.3) is 0 Å². The Morgan fingerprint density at radius 3 is 3.00 bits per heavy atom. The number of ether oxygens (including phenoxy) is 1. The van der Waals surface area contributed by atoms with E-state index in [1.165, 1.54) is 12.4 Å². The van der Waals surface area contributed by atoms with Crippen LogP contribution in [0.15, 0.2) is 24.5 Å². The molecule has 6 nitrogen and oxygen atoms in total. The molecular formula is C13H14IN3O3. The van der Waals surface area contributed by atoms with Crippen LogP contribution in [0.2, 0.25) is 0 Å². The molecule has 0 fully saturated rings. The number of aromatic nitrogens is 3. The molecule has 2 aromatic rings. The molecule has 0 saturated heterocycles. The van der Waals surface area contributed by atoms with Crippen LogP contribution < -0.4 is 4.74 Å². The molecule has 0 aliphatic carbocycles. The highest BCUT2D eigenvalue weighted by Gasteiger charge is 2.10. The molecule has 7 heteroatoms. The van der Waals surface area contributed by atoms with Crippen LogP contribution >= 0.6 is 22.6 Å². The first-order valence-corrected chi connectivity index (χ1v) is 7.22. The average Bonchev–Trinajstić information content (AvgIpc) is 2.85. The summed E-state index contributed by atoms with van der Waals surface area (Å²) in [6.45, 7) is 3.11. The van der Waals surface area contributed by atoms with Crippen molar-refractivity contribution in [2.45, 2.75) is 26.5 Å².